The van der Waals surface area contributed by atoms with Crippen LogP contribution in [-0.4, -0.2) is 22.8 Å². The van der Waals surface area contributed by atoms with Gasteiger partial charge in [0.1, 0.15) is 0 Å². The molecule has 16 heavy (non-hydrogen) atoms. The second-order valence-corrected chi connectivity index (χ2v) is 5.74. The molecule has 1 aliphatic heterocycles. The van der Waals surface area contributed by atoms with Gasteiger partial charge in [0.15, 0.2) is 0 Å². The molecule has 1 fully saturated rings. The van der Waals surface area contributed by atoms with E-state index in [4.69, 9.17) is 0 Å². The molecule has 2 amide bonds. The lowest BCUT2D eigenvalue weighted by atomic mass is 10.2. The van der Waals surface area contributed by atoms with E-state index in [1.807, 2.05) is 19.1 Å². The Labute approximate surface area is 106 Å². The number of thioether (sulfide) groups is 1. The Morgan fingerprint density at radius 1 is 1.31 bits per heavy atom. The molecule has 0 spiro atoms. The topological polar surface area (TPSA) is 37.4 Å². The van der Waals surface area contributed by atoms with Gasteiger partial charge >= 0.3 is 0 Å². The van der Waals surface area contributed by atoms with Gasteiger partial charge in [-0.3, -0.25) is 9.59 Å². The maximum atomic E-state index is 11.9. The van der Waals surface area contributed by atoms with Crippen LogP contribution in [0, 0.1) is 0 Å². The van der Waals surface area contributed by atoms with Crippen molar-refractivity contribution >= 4 is 45.2 Å². The molecule has 84 valence electrons. The standard InChI is InChI=1S/C11H10BrNO2S/c1-7-11(15)13(10(14)6-16-7)9-4-2-8(12)3-5-9/h2-5,7H,6H2,1H3/t7-/m1/s1. The van der Waals surface area contributed by atoms with Crippen molar-refractivity contribution in [3.63, 3.8) is 0 Å². The van der Waals surface area contributed by atoms with E-state index < -0.39 is 0 Å². The van der Waals surface area contributed by atoms with Gasteiger partial charge in [0.05, 0.1) is 16.7 Å². The number of amides is 2. The van der Waals surface area contributed by atoms with E-state index in [0.29, 0.717) is 11.4 Å². The van der Waals surface area contributed by atoms with E-state index in [2.05, 4.69) is 15.9 Å². The third-order valence-electron chi connectivity index (χ3n) is 2.36. The highest BCUT2D eigenvalue weighted by Gasteiger charge is 2.33. The second kappa shape index (κ2) is 4.59. The highest BCUT2D eigenvalue weighted by molar-refractivity contribution is 9.10. The number of benzene rings is 1. The zero-order chi connectivity index (χ0) is 11.7. The van der Waals surface area contributed by atoms with Crippen LogP contribution in [0.5, 0.6) is 0 Å². The van der Waals surface area contributed by atoms with Gasteiger partial charge in [-0.2, -0.15) is 0 Å². The maximum Gasteiger partial charge on any atom is 0.246 e. The van der Waals surface area contributed by atoms with Crippen molar-refractivity contribution in [1.82, 2.24) is 0 Å². The summed E-state index contributed by atoms with van der Waals surface area (Å²) < 4.78 is 0.926. The molecule has 0 radical (unpaired) electrons. The summed E-state index contributed by atoms with van der Waals surface area (Å²) in [7, 11) is 0. The molecule has 0 unspecified atom stereocenters. The zero-order valence-corrected chi connectivity index (χ0v) is 11.0. The Kier molecular flexibility index (Phi) is 3.35. The molecular formula is C11H10BrNO2S. The molecule has 0 bridgehead atoms. The predicted octanol–water partition coefficient (Wildman–Crippen LogP) is 2.44. The summed E-state index contributed by atoms with van der Waals surface area (Å²) >= 11 is 4.70. The molecule has 1 aromatic carbocycles. The fourth-order valence-electron chi connectivity index (χ4n) is 1.50. The number of imide groups is 1. The van der Waals surface area contributed by atoms with Gasteiger partial charge < -0.3 is 0 Å². The van der Waals surface area contributed by atoms with Crippen LogP contribution >= 0.6 is 27.7 Å². The number of hydrogen-bond donors (Lipinski definition) is 0. The maximum absolute atomic E-state index is 11.9. The van der Waals surface area contributed by atoms with E-state index in [-0.39, 0.29) is 17.1 Å². The molecule has 1 atom stereocenters. The Bertz CT molecular complexity index is 432. The van der Waals surface area contributed by atoms with Crippen LogP contribution in [0.3, 0.4) is 0 Å². The number of carbonyl (C=O) groups excluding carboxylic acids is 2. The summed E-state index contributed by atoms with van der Waals surface area (Å²) in [5.74, 6) is 0.0853. The van der Waals surface area contributed by atoms with Crippen LogP contribution in [0.4, 0.5) is 5.69 Å². The first-order valence-corrected chi connectivity index (χ1v) is 6.68. The van der Waals surface area contributed by atoms with Gasteiger partial charge in [-0.05, 0) is 31.2 Å². The summed E-state index contributed by atoms with van der Waals surface area (Å²) in [6, 6.07) is 7.18. The summed E-state index contributed by atoms with van der Waals surface area (Å²) in [5, 5.41) is -0.152. The third kappa shape index (κ3) is 2.15. The van der Waals surface area contributed by atoms with E-state index >= 15 is 0 Å². The van der Waals surface area contributed by atoms with Crippen LogP contribution in [0.2, 0.25) is 0 Å². The van der Waals surface area contributed by atoms with Gasteiger partial charge in [0.2, 0.25) is 11.8 Å². The highest BCUT2D eigenvalue weighted by atomic mass is 79.9. The summed E-state index contributed by atoms with van der Waals surface area (Å²) in [6.07, 6.45) is 0. The first-order valence-electron chi connectivity index (χ1n) is 4.83. The average Bonchev–Trinajstić information content (AvgIpc) is 2.27. The Hall–Kier alpha value is -0.810. The number of rotatable bonds is 1. The summed E-state index contributed by atoms with van der Waals surface area (Å²) in [6.45, 7) is 1.82. The van der Waals surface area contributed by atoms with Crippen molar-refractivity contribution in [2.75, 3.05) is 10.7 Å². The van der Waals surface area contributed by atoms with Crippen LogP contribution in [0.1, 0.15) is 6.92 Å². The van der Waals surface area contributed by atoms with Crippen LogP contribution in [-0.2, 0) is 9.59 Å². The largest absolute Gasteiger partial charge is 0.273 e. The Morgan fingerprint density at radius 3 is 2.56 bits per heavy atom. The molecule has 0 N–H and O–H groups in total. The van der Waals surface area contributed by atoms with Gasteiger partial charge in [-0.1, -0.05) is 15.9 Å². The second-order valence-electron chi connectivity index (χ2n) is 3.50. The molecule has 0 aliphatic carbocycles. The zero-order valence-electron chi connectivity index (χ0n) is 8.64. The molecule has 2 rings (SSSR count). The Balaban J connectivity index is 2.34. The summed E-state index contributed by atoms with van der Waals surface area (Å²) in [5.41, 5.74) is 0.644. The van der Waals surface area contributed by atoms with Gasteiger partial charge in [0.25, 0.3) is 0 Å². The quantitative estimate of drug-likeness (QED) is 0.748. The van der Waals surface area contributed by atoms with Crippen molar-refractivity contribution in [2.24, 2.45) is 0 Å². The Morgan fingerprint density at radius 2 is 1.94 bits per heavy atom. The number of hydrogen-bond acceptors (Lipinski definition) is 3. The molecule has 0 saturated carbocycles. The fraction of sp³-hybridized carbons (Fsp3) is 0.273. The predicted molar refractivity (Wildman–Crippen MR) is 68.6 cm³/mol. The summed E-state index contributed by atoms with van der Waals surface area (Å²) in [4.78, 5) is 24.9. The van der Waals surface area contributed by atoms with Gasteiger partial charge in [0, 0.05) is 4.47 Å². The van der Waals surface area contributed by atoms with E-state index in [0.717, 1.165) is 4.47 Å². The monoisotopic (exact) mass is 299 g/mol. The molecule has 1 aromatic rings. The van der Waals surface area contributed by atoms with E-state index in [1.54, 1.807) is 12.1 Å². The first kappa shape index (κ1) is 11.7. The molecule has 0 aromatic heterocycles. The average molecular weight is 300 g/mol. The lowest BCUT2D eigenvalue weighted by Gasteiger charge is -2.28. The first-order chi connectivity index (χ1) is 7.59. The highest BCUT2D eigenvalue weighted by Crippen LogP contribution is 2.26. The van der Waals surface area contributed by atoms with Crippen molar-refractivity contribution in [3.8, 4) is 0 Å². The van der Waals surface area contributed by atoms with Crippen molar-refractivity contribution in [2.45, 2.75) is 12.2 Å². The van der Waals surface area contributed by atoms with Crippen molar-refractivity contribution in [1.29, 1.82) is 0 Å². The SMILES string of the molecule is C[C@H]1SCC(=O)N(c2ccc(Br)cc2)C1=O. The number of halogens is 1. The number of nitrogens with zero attached hydrogens (tertiary/aromatic N) is 1. The van der Waals surface area contributed by atoms with Gasteiger partial charge in [-0.15, -0.1) is 11.8 Å². The van der Waals surface area contributed by atoms with Crippen LogP contribution in [0.15, 0.2) is 28.7 Å². The molecular weight excluding hydrogens is 290 g/mol. The van der Waals surface area contributed by atoms with Gasteiger partial charge in [-0.25, -0.2) is 4.90 Å². The molecule has 5 heteroatoms. The molecule has 1 aliphatic rings. The van der Waals surface area contributed by atoms with Crippen LogP contribution < -0.4 is 4.90 Å². The minimum absolute atomic E-state index is 0.136. The molecule has 1 heterocycles. The third-order valence-corrected chi connectivity index (χ3v) is 4.00. The normalized spacial score (nSPS) is 21.4. The molecule has 3 nitrogen and oxygen atoms in total. The van der Waals surface area contributed by atoms with E-state index in [1.165, 1.54) is 16.7 Å². The molecule has 1 saturated heterocycles. The van der Waals surface area contributed by atoms with E-state index in [9.17, 15) is 9.59 Å². The van der Waals surface area contributed by atoms with Crippen LogP contribution in [0.25, 0.3) is 0 Å². The lowest BCUT2D eigenvalue weighted by Crippen LogP contribution is -2.46. The minimum atomic E-state index is -0.152. The number of anilines is 1. The van der Waals surface area contributed by atoms with Crippen molar-refractivity contribution < 1.29 is 9.59 Å². The number of carbonyl (C=O) groups is 2. The fourth-order valence-corrected chi connectivity index (χ4v) is 2.53. The lowest BCUT2D eigenvalue weighted by molar-refractivity contribution is -0.125. The minimum Gasteiger partial charge on any atom is -0.273 e. The smallest absolute Gasteiger partial charge is 0.246 e. The van der Waals surface area contributed by atoms with Crippen molar-refractivity contribution in [3.05, 3.63) is 28.7 Å².